The van der Waals surface area contributed by atoms with E-state index < -0.39 is 41.4 Å². The van der Waals surface area contributed by atoms with Gasteiger partial charge in [-0.05, 0) is 30.2 Å². The van der Waals surface area contributed by atoms with Crippen LogP contribution in [0.2, 0.25) is 0 Å². The fraction of sp³-hybridized carbons (Fsp3) is 0.320. The molecule has 1 aromatic heterocycles. The summed E-state index contributed by atoms with van der Waals surface area (Å²) in [6, 6.07) is 6.21. The second-order valence-corrected chi connectivity index (χ2v) is 8.98. The fourth-order valence-electron chi connectivity index (χ4n) is 4.37. The number of amides is 2. The number of aromatic nitrogens is 2. The molecule has 14 heteroatoms. The highest BCUT2D eigenvalue weighted by atomic mass is 35.5. The Kier molecular flexibility index (Phi) is 8.96. The zero-order valence-electron chi connectivity index (χ0n) is 20.5. The molecule has 0 aliphatic carbocycles. The van der Waals surface area contributed by atoms with Crippen LogP contribution in [0.3, 0.4) is 0 Å². The van der Waals surface area contributed by atoms with Gasteiger partial charge < -0.3 is 20.5 Å². The Morgan fingerprint density at radius 2 is 1.69 bits per heavy atom. The molecule has 4 rings (SSSR count). The molecule has 0 saturated carbocycles. The number of halogens is 7. The summed E-state index contributed by atoms with van der Waals surface area (Å²) in [5.74, 6) is -5.49. The lowest BCUT2D eigenvalue weighted by Crippen LogP contribution is -2.42. The Labute approximate surface area is 225 Å². The van der Waals surface area contributed by atoms with E-state index in [1.54, 1.807) is 0 Å². The lowest BCUT2D eigenvalue weighted by atomic mass is 10.0. The van der Waals surface area contributed by atoms with Crippen molar-refractivity contribution < 1.29 is 35.9 Å². The second-order valence-electron chi connectivity index (χ2n) is 8.98. The summed E-state index contributed by atoms with van der Waals surface area (Å²) in [4.78, 5) is 29.4. The number of fused-ring (bicyclic) bond motifs is 1. The molecule has 39 heavy (non-hydrogen) atoms. The number of rotatable bonds is 6. The summed E-state index contributed by atoms with van der Waals surface area (Å²) < 4.78 is 82.8. The quantitative estimate of drug-likeness (QED) is 0.330. The number of nitrogens with one attached hydrogen (secondary N) is 1. The Morgan fingerprint density at radius 3 is 2.31 bits per heavy atom. The molecule has 210 valence electrons. The van der Waals surface area contributed by atoms with Crippen molar-refractivity contribution in [3.8, 4) is 11.3 Å². The van der Waals surface area contributed by atoms with Crippen LogP contribution in [-0.2, 0) is 35.3 Å². The minimum atomic E-state index is -4.73. The molecule has 2 amide bonds. The maximum Gasteiger partial charge on any atom is 0.449 e. The maximum atomic E-state index is 14.0. The van der Waals surface area contributed by atoms with E-state index in [2.05, 4.69) is 10.3 Å². The minimum Gasteiger partial charge on any atom is -0.335 e. The van der Waals surface area contributed by atoms with Gasteiger partial charge in [0.05, 0.1) is 17.9 Å². The molecule has 2 aromatic carbocycles. The summed E-state index contributed by atoms with van der Waals surface area (Å²) in [6.07, 6.45) is -5.27. The van der Waals surface area contributed by atoms with Gasteiger partial charge in [0.15, 0.2) is 11.6 Å². The van der Waals surface area contributed by atoms with E-state index in [-0.39, 0.29) is 67.7 Å². The number of hydrogen-bond donors (Lipinski definition) is 2. The molecule has 0 bridgehead atoms. The van der Waals surface area contributed by atoms with Gasteiger partial charge in [-0.1, -0.05) is 12.1 Å². The second kappa shape index (κ2) is 11.7. The van der Waals surface area contributed by atoms with Crippen molar-refractivity contribution >= 4 is 29.9 Å². The first-order valence-electron chi connectivity index (χ1n) is 11.5. The number of nitrogens with two attached hydrogens (primary N) is 1. The highest BCUT2D eigenvalue weighted by Gasteiger charge is 2.40. The van der Waals surface area contributed by atoms with Crippen LogP contribution in [0.4, 0.5) is 32.0 Å². The first kappa shape index (κ1) is 30.0. The van der Waals surface area contributed by atoms with E-state index in [9.17, 15) is 35.9 Å². The molecular formula is C25H24ClF6N5O2. The van der Waals surface area contributed by atoms with Gasteiger partial charge in [-0.3, -0.25) is 9.59 Å². The molecule has 1 aliphatic rings. The first-order chi connectivity index (χ1) is 17.8. The van der Waals surface area contributed by atoms with Crippen molar-refractivity contribution in [2.75, 3.05) is 11.9 Å². The van der Waals surface area contributed by atoms with E-state index in [0.29, 0.717) is 23.4 Å². The third-order valence-corrected chi connectivity index (χ3v) is 6.10. The zero-order chi connectivity index (χ0) is 27.8. The van der Waals surface area contributed by atoms with Crippen molar-refractivity contribution in [2.45, 2.75) is 45.1 Å². The zero-order valence-corrected chi connectivity index (χ0v) is 21.3. The summed E-state index contributed by atoms with van der Waals surface area (Å²) in [6.45, 7) is 0.927. The lowest BCUT2D eigenvalue weighted by molar-refractivity contribution is -0.148. The summed E-state index contributed by atoms with van der Waals surface area (Å²) >= 11 is 0. The smallest absolute Gasteiger partial charge is 0.335 e. The van der Waals surface area contributed by atoms with E-state index in [0.717, 1.165) is 4.57 Å². The number of carbonyl (C=O) groups excluding carboxylic acids is 2. The van der Waals surface area contributed by atoms with Crippen LogP contribution in [0.1, 0.15) is 30.4 Å². The maximum absolute atomic E-state index is 14.0. The Balaban J connectivity index is 0.00000420. The van der Waals surface area contributed by atoms with Crippen molar-refractivity contribution in [3.05, 3.63) is 70.9 Å². The van der Waals surface area contributed by atoms with Gasteiger partial charge in [-0.15, -0.1) is 12.4 Å². The van der Waals surface area contributed by atoms with E-state index in [1.807, 2.05) is 0 Å². The standard InChI is InChI=1S/C25H23F6N5O2.ClH/c1-13(37)33-17-4-2-14(3-5-17)23-21-12-35(6-7-36(21)24(34-23)25(29,30)31)22(38)10-16(32)8-15-9-19(27)20(28)11-18(15)26;/h2-5,9,11,16H,6-8,10,12,32H2,1H3,(H,33,37);1H/t16-;/m1./s1. The molecule has 0 unspecified atom stereocenters. The average molecular weight is 576 g/mol. The Hall–Kier alpha value is -3.58. The Bertz CT molecular complexity index is 1380. The number of nitrogens with zero attached hydrogens (tertiary/aromatic N) is 3. The number of hydrogen-bond acceptors (Lipinski definition) is 4. The number of benzene rings is 2. The van der Waals surface area contributed by atoms with Gasteiger partial charge >= 0.3 is 6.18 Å². The lowest BCUT2D eigenvalue weighted by Gasteiger charge is -2.30. The van der Waals surface area contributed by atoms with Crippen LogP contribution in [-0.4, -0.2) is 38.9 Å². The number of anilines is 1. The molecular weight excluding hydrogens is 552 g/mol. The van der Waals surface area contributed by atoms with Crippen LogP contribution in [0.15, 0.2) is 36.4 Å². The predicted molar refractivity (Wildman–Crippen MR) is 132 cm³/mol. The number of carbonyl (C=O) groups is 2. The van der Waals surface area contributed by atoms with Crippen molar-refractivity contribution in [1.29, 1.82) is 0 Å². The van der Waals surface area contributed by atoms with Gasteiger partial charge in [0.2, 0.25) is 17.6 Å². The molecule has 0 radical (unpaired) electrons. The monoisotopic (exact) mass is 575 g/mol. The molecule has 3 N–H and O–H groups in total. The first-order valence-corrected chi connectivity index (χ1v) is 11.5. The van der Waals surface area contributed by atoms with Gasteiger partial charge in [0.1, 0.15) is 5.82 Å². The molecule has 2 heterocycles. The summed E-state index contributed by atoms with van der Waals surface area (Å²) in [5, 5.41) is 2.57. The highest BCUT2D eigenvalue weighted by molar-refractivity contribution is 5.89. The highest BCUT2D eigenvalue weighted by Crippen LogP contribution is 2.36. The molecule has 0 fully saturated rings. The summed E-state index contributed by atoms with van der Waals surface area (Å²) in [5.41, 5.74) is 6.80. The molecule has 3 aromatic rings. The van der Waals surface area contributed by atoms with E-state index in [1.165, 1.54) is 36.1 Å². The molecule has 0 saturated heterocycles. The predicted octanol–water partition coefficient (Wildman–Crippen LogP) is 4.67. The SMILES string of the molecule is CC(=O)Nc1ccc(-c2nc(C(F)(F)F)n3c2CN(C(=O)C[C@H](N)Cc2cc(F)c(F)cc2F)CC3)cc1.Cl. The van der Waals surface area contributed by atoms with Crippen LogP contribution in [0.5, 0.6) is 0 Å². The van der Waals surface area contributed by atoms with Gasteiger partial charge in [-0.2, -0.15) is 13.2 Å². The van der Waals surface area contributed by atoms with Gasteiger partial charge in [0.25, 0.3) is 0 Å². The number of imidazole rings is 1. The topological polar surface area (TPSA) is 93.2 Å². The van der Waals surface area contributed by atoms with Crippen molar-refractivity contribution in [1.82, 2.24) is 14.5 Å². The minimum absolute atomic E-state index is 0. The third-order valence-electron chi connectivity index (χ3n) is 6.10. The summed E-state index contributed by atoms with van der Waals surface area (Å²) in [7, 11) is 0. The van der Waals surface area contributed by atoms with Crippen LogP contribution >= 0.6 is 12.4 Å². The van der Waals surface area contributed by atoms with E-state index >= 15 is 0 Å². The van der Waals surface area contributed by atoms with Crippen LogP contribution in [0.25, 0.3) is 11.3 Å². The molecule has 0 spiro atoms. The molecule has 1 atom stereocenters. The normalized spacial score (nSPS) is 13.9. The molecule has 1 aliphatic heterocycles. The van der Waals surface area contributed by atoms with E-state index in [4.69, 9.17) is 5.73 Å². The van der Waals surface area contributed by atoms with Crippen LogP contribution < -0.4 is 11.1 Å². The van der Waals surface area contributed by atoms with Crippen LogP contribution in [0, 0.1) is 17.5 Å². The largest absolute Gasteiger partial charge is 0.449 e. The molecule has 7 nitrogen and oxygen atoms in total. The average Bonchev–Trinajstić information content (AvgIpc) is 3.22. The van der Waals surface area contributed by atoms with Crippen molar-refractivity contribution in [3.63, 3.8) is 0 Å². The fourth-order valence-corrected chi connectivity index (χ4v) is 4.37. The van der Waals surface area contributed by atoms with Crippen molar-refractivity contribution in [2.24, 2.45) is 5.73 Å². The van der Waals surface area contributed by atoms with Gasteiger partial charge in [-0.25, -0.2) is 18.2 Å². The third kappa shape index (κ3) is 6.71. The Morgan fingerprint density at radius 1 is 1.05 bits per heavy atom. The number of alkyl halides is 3. The van der Waals surface area contributed by atoms with Gasteiger partial charge in [0, 0.05) is 49.8 Å².